The maximum Gasteiger partial charge on any atom is 0.269 e. The number of benzene rings is 1. The Labute approximate surface area is 158 Å². The summed E-state index contributed by atoms with van der Waals surface area (Å²) in [5.74, 6) is -0.333. The number of rotatable bonds is 4. The van der Waals surface area contributed by atoms with Crippen molar-refractivity contribution in [2.24, 2.45) is 7.05 Å². The molecule has 2 aliphatic rings. The van der Waals surface area contributed by atoms with Gasteiger partial charge in [-0.1, -0.05) is 12.1 Å². The van der Waals surface area contributed by atoms with Gasteiger partial charge in [0.15, 0.2) is 0 Å². The van der Waals surface area contributed by atoms with E-state index in [1.54, 1.807) is 16.8 Å². The molecule has 1 fully saturated rings. The number of hydrogen-bond donors (Lipinski definition) is 1. The van der Waals surface area contributed by atoms with Gasteiger partial charge in [-0.25, -0.2) is 4.39 Å². The number of amides is 1. The first kappa shape index (κ1) is 18.2. The molecule has 1 aliphatic carbocycles. The molecule has 2 heterocycles. The summed E-state index contributed by atoms with van der Waals surface area (Å²) >= 11 is 0. The van der Waals surface area contributed by atoms with Crippen LogP contribution in [0, 0.1) is 5.82 Å². The Kier molecular flexibility index (Phi) is 5.00. The number of fused-ring (bicyclic) bond motifs is 1. The molecule has 0 atom stereocenters. The van der Waals surface area contributed by atoms with Crippen LogP contribution in [0.5, 0.6) is 0 Å². The van der Waals surface area contributed by atoms with Gasteiger partial charge in [-0.3, -0.25) is 9.48 Å². The number of carbonyl (C=O) groups excluding carboxylic acids is 1. The van der Waals surface area contributed by atoms with E-state index in [9.17, 15) is 9.18 Å². The summed E-state index contributed by atoms with van der Waals surface area (Å²) in [5, 5.41) is 7.67. The number of hydrogen-bond acceptors (Lipinski definition) is 3. The van der Waals surface area contributed by atoms with Crippen LogP contribution in [0.25, 0.3) is 0 Å². The van der Waals surface area contributed by atoms with Gasteiger partial charge >= 0.3 is 0 Å². The number of carbonyl (C=O) groups is 1. The lowest BCUT2D eigenvalue weighted by Crippen LogP contribution is -2.45. The second-order valence-electron chi connectivity index (χ2n) is 7.69. The fourth-order valence-corrected chi connectivity index (χ4v) is 4.45. The van der Waals surface area contributed by atoms with Crippen molar-refractivity contribution in [1.82, 2.24) is 15.1 Å². The van der Waals surface area contributed by atoms with Crippen molar-refractivity contribution >= 4 is 5.91 Å². The molecule has 5 nitrogen and oxygen atoms in total. The molecule has 1 amide bonds. The van der Waals surface area contributed by atoms with Gasteiger partial charge in [-0.2, -0.15) is 5.10 Å². The van der Waals surface area contributed by atoms with E-state index in [1.165, 1.54) is 6.07 Å². The number of halogens is 1. The Morgan fingerprint density at radius 1 is 1.30 bits per heavy atom. The molecule has 1 aliphatic heterocycles. The minimum Gasteiger partial charge on any atom is -0.381 e. The number of ether oxygens (including phenoxy) is 1. The van der Waals surface area contributed by atoms with Crippen LogP contribution in [0.3, 0.4) is 0 Å². The Hall–Kier alpha value is -2.21. The largest absolute Gasteiger partial charge is 0.381 e. The maximum atomic E-state index is 13.8. The van der Waals surface area contributed by atoms with E-state index in [2.05, 4.69) is 10.4 Å². The van der Waals surface area contributed by atoms with Gasteiger partial charge in [0, 0.05) is 37.8 Å². The van der Waals surface area contributed by atoms with Crippen LogP contribution in [-0.4, -0.2) is 35.4 Å². The number of aromatic nitrogens is 2. The molecule has 0 radical (unpaired) electrons. The Morgan fingerprint density at radius 2 is 2.07 bits per heavy atom. The highest BCUT2D eigenvalue weighted by atomic mass is 19.1. The van der Waals surface area contributed by atoms with Crippen LogP contribution < -0.4 is 5.32 Å². The van der Waals surface area contributed by atoms with Gasteiger partial charge in [0.2, 0.25) is 0 Å². The van der Waals surface area contributed by atoms with Crippen molar-refractivity contribution in [2.45, 2.75) is 43.9 Å². The minimum atomic E-state index is -0.297. The normalized spacial score (nSPS) is 18.7. The lowest BCUT2D eigenvalue weighted by atomic mass is 9.74. The maximum absolute atomic E-state index is 13.8. The summed E-state index contributed by atoms with van der Waals surface area (Å²) in [6.45, 7) is 1.71. The molecule has 2 aromatic rings. The first-order valence-electron chi connectivity index (χ1n) is 9.76. The molecule has 1 aromatic heterocycles. The summed E-state index contributed by atoms with van der Waals surface area (Å²) < 4.78 is 21.1. The molecule has 27 heavy (non-hydrogen) atoms. The fourth-order valence-electron chi connectivity index (χ4n) is 4.45. The predicted molar refractivity (Wildman–Crippen MR) is 100 cm³/mol. The van der Waals surface area contributed by atoms with Gasteiger partial charge in [-0.15, -0.1) is 0 Å². The molecule has 144 valence electrons. The zero-order valence-corrected chi connectivity index (χ0v) is 15.8. The molecular formula is C21H26FN3O2. The molecule has 0 bridgehead atoms. The molecule has 0 spiro atoms. The van der Waals surface area contributed by atoms with Gasteiger partial charge in [0.1, 0.15) is 11.5 Å². The van der Waals surface area contributed by atoms with Gasteiger partial charge in [-0.05, 0) is 56.2 Å². The van der Waals surface area contributed by atoms with Crippen molar-refractivity contribution in [3.05, 3.63) is 52.6 Å². The van der Waals surface area contributed by atoms with Crippen molar-refractivity contribution in [3.8, 4) is 0 Å². The first-order chi connectivity index (χ1) is 13.1. The Bertz CT molecular complexity index is 840. The lowest BCUT2D eigenvalue weighted by Gasteiger charge is -2.38. The highest BCUT2D eigenvalue weighted by Gasteiger charge is 2.36. The quantitative estimate of drug-likeness (QED) is 0.899. The van der Waals surface area contributed by atoms with Crippen LogP contribution in [0.15, 0.2) is 24.3 Å². The molecule has 0 unspecified atom stereocenters. The summed E-state index contributed by atoms with van der Waals surface area (Å²) in [5.41, 5.74) is 3.45. The SMILES string of the molecule is Cn1nc2c(c1C(=O)NCC1(c3cccc(F)c3)CCOCC1)CCCC2. The Morgan fingerprint density at radius 3 is 2.85 bits per heavy atom. The molecule has 1 aromatic carbocycles. The van der Waals surface area contributed by atoms with Crippen LogP contribution >= 0.6 is 0 Å². The van der Waals surface area contributed by atoms with Crippen LogP contribution in [-0.2, 0) is 30.0 Å². The topological polar surface area (TPSA) is 56.2 Å². The first-order valence-corrected chi connectivity index (χ1v) is 9.76. The highest BCUT2D eigenvalue weighted by molar-refractivity contribution is 5.94. The fraction of sp³-hybridized carbons (Fsp3) is 0.524. The van der Waals surface area contributed by atoms with E-state index >= 15 is 0 Å². The summed E-state index contributed by atoms with van der Waals surface area (Å²) in [7, 11) is 1.84. The zero-order valence-electron chi connectivity index (χ0n) is 15.8. The van der Waals surface area contributed by atoms with E-state index in [1.807, 2.05) is 13.1 Å². The average molecular weight is 371 g/mol. The second-order valence-corrected chi connectivity index (χ2v) is 7.69. The number of nitrogens with zero attached hydrogens (tertiary/aromatic N) is 2. The molecule has 6 heteroatoms. The summed E-state index contributed by atoms with van der Waals surface area (Å²) in [6.07, 6.45) is 5.62. The predicted octanol–water partition coefficient (Wildman–Crippen LogP) is 2.92. The van der Waals surface area contributed by atoms with Crippen molar-refractivity contribution < 1.29 is 13.9 Å². The van der Waals surface area contributed by atoms with Gasteiger partial charge in [0.05, 0.1) is 5.69 Å². The van der Waals surface area contributed by atoms with Crippen molar-refractivity contribution in [2.75, 3.05) is 19.8 Å². The van der Waals surface area contributed by atoms with E-state index in [0.717, 1.165) is 55.3 Å². The number of nitrogens with one attached hydrogen (secondary N) is 1. The smallest absolute Gasteiger partial charge is 0.269 e. The van der Waals surface area contributed by atoms with E-state index in [0.29, 0.717) is 25.5 Å². The third-order valence-corrected chi connectivity index (χ3v) is 6.01. The van der Waals surface area contributed by atoms with Gasteiger partial charge < -0.3 is 10.1 Å². The van der Waals surface area contributed by atoms with Crippen LogP contribution in [0.2, 0.25) is 0 Å². The summed E-state index contributed by atoms with van der Waals surface area (Å²) in [6, 6.07) is 6.73. The minimum absolute atomic E-state index is 0.0876. The average Bonchev–Trinajstić information content (AvgIpc) is 3.02. The Balaban J connectivity index is 1.57. The molecule has 1 N–H and O–H groups in total. The van der Waals surface area contributed by atoms with Crippen LogP contribution in [0.1, 0.15) is 53.0 Å². The molecule has 4 rings (SSSR count). The standard InChI is InChI=1S/C21H26FN3O2/c1-25-19(17-7-2-3-8-18(17)24-25)20(26)23-14-21(9-11-27-12-10-21)15-5-4-6-16(22)13-15/h4-6,13H,2-3,7-12,14H2,1H3,(H,23,26). The molecule has 0 saturated carbocycles. The van der Waals surface area contributed by atoms with E-state index in [4.69, 9.17) is 4.74 Å². The number of aryl methyl sites for hydroxylation is 2. The molecule has 1 saturated heterocycles. The van der Waals surface area contributed by atoms with Crippen molar-refractivity contribution in [3.63, 3.8) is 0 Å². The third kappa shape index (κ3) is 3.50. The van der Waals surface area contributed by atoms with E-state index < -0.39 is 0 Å². The highest BCUT2D eigenvalue weighted by Crippen LogP contribution is 2.35. The zero-order chi connectivity index (χ0) is 18.9. The molecular weight excluding hydrogens is 345 g/mol. The van der Waals surface area contributed by atoms with E-state index in [-0.39, 0.29) is 17.1 Å². The monoisotopic (exact) mass is 371 g/mol. The van der Waals surface area contributed by atoms with Crippen molar-refractivity contribution in [1.29, 1.82) is 0 Å². The second kappa shape index (κ2) is 7.43. The third-order valence-electron chi connectivity index (χ3n) is 6.01. The lowest BCUT2D eigenvalue weighted by molar-refractivity contribution is 0.0485. The van der Waals surface area contributed by atoms with Gasteiger partial charge in [0.25, 0.3) is 5.91 Å². The summed E-state index contributed by atoms with van der Waals surface area (Å²) in [4.78, 5) is 13.0. The van der Waals surface area contributed by atoms with Crippen LogP contribution in [0.4, 0.5) is 4.39 Å².